The smallest absolute Gasteiger partial charge is 0.128 e. The van der Waals surface area contributed by atoms with Crippen molar-refractivity contribution in [3.05, 3.63) is 84.6 Å². The Bertz CT molecular complexity index is 1680. The highest BCUT2D eigenvalue weighted by molar-refractivity contribution is 5.87. The first-order valence-electron chi connectivity index (χ1n) is 22.2. The Kier molecular flexibility index (Phi) is 16.7. The Morgan fingerprint density at radius 2 is 1.28 bits per heavy atom. The first kappa shape index (κ1) is 40.4. The van der Waals surface area contributed by atoms with Gasteiger partial charge in [0.1, 0.15) is 18.5 Å². The van der Waals surface area contributed by atoms with E-state index < -0.39 is 6.10 Å². The van der Waals surface area contributed by atoms with Gasteiger partial charge in [-0.15, -0.1) is 0 Å². The van der Waals surface area contributed by atoms with Crippen LogP contribution in [0.15, 0.2) is 78.9 Å². The van der Waals surface area contributed by atoms with Crippen LogP contribution in [0, 0.1) is 6.92 Å². The van der Waals surface area contributed by atoms with Crippen LogP contribution in [-0.4, -0.2) is 59.4 Å². The third-order valence-electron chi connectivity index (χ3n) is 12.3. The third-order valence-corrected chi connectivity index (χ3v) is 12.3. The van der Waals surface area contributed by atoms with Gasteiger partial charge in [0.2, 0.25) is 0 Å². The molecule has 2 bridgehead atoms. The molecule has 0 saturated carbocycles. The number of nitrogens with zero attached hydrogens (tertiary/aromatic N) is 2. The van der Waals surface area contributed by atoms with Gasteiger partial charge in [0, 0.05) is 54.0 Å². The lowest BCUT2D eigenvalue weighted by Gasteiger charge is -2.41. The standard InChI is InChI=1S/C49H71N3O2/c1-40-35-47-48(50-40)30-24-31-49(47)54-39-46(53)38-51-37-45-29-22-21-28-43(51)27-18-16-14-12-10-8-6-4-2-3-5-7-9-11-13-15-17-23-34-52(45)44-33-32-41-25-19-20-26-42(41)36-44/h19-22,24-26,30-33,35-36,43,45-46,50,53H,2-18,23,27-29,34,37-39H2,1H3. The zero-order valence-electron chi connectivity index (χ0n) is 33.7. The van der Waals surface area contributed by atoms with Gasteiger partial charge < -0.3 is 19.7 Å². The van der Waals surface area contributed by atoms with Gasteiger partial charge in [-0.05, 0) is 73.7 Å². The number of hydrogen-bond donors (Lipinski definition) is 2. The topological polar surface area (TPSA) is 51.7 Å². The number of anilines is 1. The molecule has 3 unspecified atom stereocenters. The molecule has 6 rings (SSSR count). The van der Waals surface area contributed by atoms with Gasteiger partial charge in [0.05, 0.1) is 0 Å². The largest absolute Gasteiger partial charge is 0.490 e. The normalized spacial score (nSPS) is 22.3. The summed E-state index contributed by atoms with van der Waals surface area (Å²) in [5.74, 6) is 0.844. The van der Waals surface area contributed by atoms with Crippen molar-refractivity contribution in [3.63, 3.8) is 0 Å². The number of rotatable bonds is 6. The van der Waals surface area contributed by atoms with E-state index in [0.717, 1.165) is 48.3 Å². The van der Waals surface area contributed by atoms with E-state index in [9.17, 15) is 5.11 Å². The Morgan fingerprint density at radius 1 is 0.667 bits per heavy atom. The molecule has 0 radical (unpaired) electrons. The molecule has 2 N–H and O–H groups in total. The van der Waals surface area contributed by atoms with Crippen molar-refractivity contribution in [2.45, 2.75) is 160 Å². The average Bonchev–Trinajstić information content (AvgIpc) is 3.57. The molecule has 0 aliphatic carbocycles. The lowest BCUT2D eigenvalue weighted by Crippen LogP contribution is -2.51. The fourth-order valence-electron chi connectivity index (χ4n) is 9.17. The van der Waals surface area contributed by atoms with Crippen molar-refractivity contribution in [2.75, 3.05) is 31.1 Å². The van der Waals surface area contributed by atoms with Crippen LogP contribution in [0.3, 0.4) is 0 Å². The van der Waals surface area contributed by atoms with Crippen LogP contribution >= 0.6 is 0 Å². The number of aliphatic hydroxyl groups is 1. The van der Waals surface area contributed by atoms with Gasteiger partial charge in [0.25, 0.3) is 0 Å². The molecule has 3 atom stereocenters. The lowest BCUT2D eigenvalue weighted by atomic mass is 9.97. The number of aliphatic hydroxyl groups excluding tert-OH is 1. The van der Waals surface area contributed by atoms with Gasteiger partial charge in [0.15, 0.2) is 0 Å². The summed E-state index contributed by atoms with van der Waals surface area (Å²) in [7, 11) is 0. The SMILES string of the molecule is Cc1cc2c(OCC(O)CN3CC4CC=CCC3CCCCCCCCCCCCCCCCCCCCN4c3ccc4ccccc4c3)cccc2[nH]1. The van der Waals surface area contributed by atoms with Gasteiger partial charge >= 0.3 is 0 Å². The van der Waals surface area contributed by atoms with E-state index in [0.29, 0.717) is 25.2 Å². The fraction of sp³-hybridized carbons (Fsp3) is 0.592. The van der Waals surface area contributed by atoms with Crippen molar-refractivity contribution in [3.8, 4) is 5.75 Å². The van der Waals surface area contributed by atoms with Gasteiger partial charge in [-0.3, -0.25) is 4.90 Å². The molecule has 0 spiro atoms. The van der Waals surface area contributed by atoms with Crippen molar-refractivity contribution in [1.29, 1.82) is 0 Å². The average molecular weight is 734 g/mol. The summed E-state index contributed by atoms with van der Waals surface area (Å²) in [5.41, 5.74) is 3.53. The quantitative estimate of drug-likeness (QED) is 0.194. The fourth-order valence-corrected chi connectivity index (χ4v) is 9.17. The third kappa shape index (κ3) is 12.6. The summed E-state index contributed by atoms with van der Waals surface area (Å²) in [5, 5.41) is 15.4. The maximum Gasteiger partial charge on any atom is 0.128 e. The lowest BCUT2D eigenvalue weighted by molar-refractivity contribution is 0.0465. The Morgan fingerprint density at radius 3 is 1.96 bits per heavy atom. The zero-order chi connectivity index (χ0) is 37.2. The van der Waals surface area contributed by atoms with Crippen LogP contribution in [-0.2, 0) is 0 Å². The van der Waals surface area contributed by atoms with E-state index >= 15 is 0 Å². The Hall–Kier alpha value is -3.28. The second-order valence-electron chi connectivity index (χ2n) is 16.7. The molecular weight excluding hydrogens is 663 g/mol. The summed E-state index contributed by atoms with van der Waals surface area (Å²) in [6.45, 7) is 5.02. The van der Waals surface area contributed by atoms with Crippen molar-refractivity contribution >= 4 is 27.4 Å². The Labute approximate surface area is 327 Å². The molecule has 3 heterocycles. The molecule has 294 valence electrons. The minimum Gasteiger partial charge on any atom is -0.490 e. The molecule has 5 nitrogen and oxygen atoms in total. The molecule has 2 aliphatic heterocycles. The van der Waals surface area contributed by atoms with E-state index in [-0.39, 0.29) is 0 Å². The second kappa shape index (κ2) is 22.3. The number of aromatic nitrogens is 1. The van der Waals surface area contributed by atoms with Gasteiger partial charge in [-0.1, -0.05) is 158 Å². The number of fused-ring (bicyclic) bond motifs is 5. The Balaban J connectivity index is 1.19. The molecule has 54 heavy (non-hydrogen) atoms. The van der Waals surface area contributed by atoms with E-state index in [1.807, 2.05) is 12.1 Å². The van der Waals surface area contributed by atoms with Crippen LogP contribution < -0.4 is 9.64 Å². The summed E-state index contributed by atoms with van der Waals surface area (Å²) < 4.78 is 6.36. The molecule has 1 aromatic heterocycles. The zero-order valence-corrected chi connectivity index (χ0v) is 33.7. The van der Waals surface area contributed by atoms with E-state index in [1.54, 1.807) is 0 Å². The van der Waals surface area contributed by atoms with Crippen LogP contribution in [0.1, 0.15) is 141 Å². The number of aryl methyl sites for hydroxylation is 1. The first-order valence-corrected chi connectivity index (χ1v) is 22.2. The predicted octanol–water partition coefficient (Wildman–Crippen LogP) is 12.7. The summed E-state index contributed by atoms with van der Waals surface area (Å²) in [4.78, 5) is 8.80. The molecule has 5 heteroatoms. The number of benzene rings is 3. The van der Waals surface area contributed by atoms with Gasteiger partial charge in [-0.2, -0.15) is 0 Å². The highest BCUT2D eigenvalue weighted by Gasteiger charge is 2.28. The van der Waals surface area contributed by atoms with Crippen LogP contribution in [0.5, 0.6) is 5.75 Å². The first-order chi connectivity index (χ1) is 26.6. The van der Waals surface area contributed by atoms with Gasteiger partial charge in [-0.25, -0.2) is 0 Å². The molecule has 1 fully saturated rings. The van der Waals surface area contributed by atoms with E-state index in [2.05, 4.69) is 88.5 Å². The molecule has 2 aliphatic rings. The molecule has 1 saturated heterocycles. The van der Waals surface area contributed by atoms with Crippen LogP contribution in [0.4, 0.5) is 5.69 Å². The minimum atomic E-state index is -0.572. The maximum atomic E-state index is 11.7. The predicted molar refractivity (Wildman–Crippen MR) is 231 cm³/mol. The molecule has 3 aromatic carbocycles. The molecule has 0 amide bonds. The van der Waals surface area contributed by atoms with Crippen molar-refractivity contribution in [1.82, 2.24) is 9.88 Å². The number of nitrogens with one attached hydrogen (secondary N) is 1. The summed E-state index contributed by atoms with van der Waals surface area (Å²) in [6.07, 6.45) is 32.3. The highest BCUT2D eigenvalue weighted by atomic mass is 16.5. The molecular formula is C49H71N3O2. The molecule has 4 aromatic rings. The van der Waals surface area contributed by atoms with Crippen molar-refractivity contribution < 1.29 is 9.84 Å². The maximum absolute atomic E-state index is 11.7. The monoisotopic (exact) mass is 734 g/mol. The second-order valence-corrected chi connectivity index (χ2v) is 16.7. The van der Waals surface area contributed by atoms with Crippen molar-refractivity contribution in [2.24, 2.45) is 0 Å². The van der Waals surface area contributed by atoms with Crippen LogP contribution in [0.25, 0.3) is 21.7 Å². The summed E-state index contributed by atoms with van der Waals surface area (Å²) in [6, 6.07) is 24.9. The number of H-pyrrole nitrogens is 1. The van der Waals surface area contributed by atoms with E-state index in [1.165, 1.54) is 138 Å². The number of hydrogen-bond acceptors (Lipinski definition) is 4. The highest BCUT2D eigenvalue weighted by Crippen LogP contribution is 2.30. The van der Waals surface area contributed by atoms with Crippen LogP contribution in [0.2, 0.25) is 0 Å². The summed E-state index contributed by atoms with van der Waals surface area (Å²) >= 11 is 0. The number of ether oxygens (including phenoxy) is 1. The number of aromatic amines is 1. The van der Waals surface area contributed by atoms with E-state index in [4.69, 9.17) is 4.74 Å². The minimum absolute atomic E-state index is 0.293.